The molecule has 0 saturated heterocycles. The van der Waals surface area contributed by atoms with Crippen molar-refractivity contribution in [3.05, 3.63) is 83.4 Å². The molecule has 0 radical (unpaired) electrons. The Morgan fingerprint density at radius 1 is 1.05 bits per heavy atom. The van der Waals surface area contributed by atoms with Crippen LogP contribution in [0.25, 0.3) is 0 Å². The molecule has 2 aromatic carbocycles. The van der Waals surface area contributed by atoms with E-state index in [1.165, 1.54) is 11.0 Å². The number of aryl methyl sites for hydroxylation is 2. The van der Waals surface area contributed by atoms with Gasteiger partial charge >= 0.3 is 12.1 Å². The van der Waals surface area contributed by atoms with Crippen LogP contribution in [0, 0.1) is 13.8 Å². The van der Waals surface area contributed by atoms with Gasteiger partial charge < -0.3 is 25.0 Å². The summed E-state index contributed by atoms with van der Waals surface area (Å²) in [5, 5.41) is 5.52. The molecule has 41 heavy (non-hydrogen) atoms. The highest BCUT2D eigenvalue weighted by Gasteiger charge is 2.36. The largest absolute Gasteiger partial charge is 0.466 e. The van der Waals surface area contributed by atoms with Crippen molar-refractivity contribution in [2.45, 2.75) is 72.1 Å². The molecule has 2 atom stereocenters. The summed E-state index contributed by atoms with van der Waals surface area (Å²) < 4.78 is 10.4. The van der Waals surface area contributed by atoms with E-state index in [4.69, 9.17) is 9.47 Å². The number of hydrogen-bond donors (Lipinski definition) is 2. The van der Waals surface area contributed by atoms with E-state index < -0.39 is 41.6 Å². The number of ether oxygens (including phenoxy) is 2. The van der Waals surface area contributed by atoms with E-state index in [9.17, 15) is 19.2 Å². The minimum Gasteiger partial charge on any atom is -0.466 e. The molecule has 2 rings (SSSR count). The van der Waals surface area contributed by atoms with Crippen LogP contribution < -0.4 is 10.6 Å². The van der Waals surface area contributed by atoms with Gasteiger partial charge in [0, 0.05) is 19.5 Å². The average Bonchev–Trinajstić information content (AvgIpc) is 2.89. The second-order valence-corrected chi connectivity index (χ2v) is 10.8. The van der Waals surface area contributed by atoms with Crippen LogP contribution in [0.4, 0.5) is 4.79 Å². The minimum atomic E-state index is -1.05. The van der Waals surface area contributed by atoms with Crippen molar-refractivity contribution in [2.24, 2.45) is 0 Å². The van der Waals surface area contributed by atoms with Gasteiger partial charge in [0.05, 0.1) is 13.0 Å². The van der Waals surface area contributed by atoms with Crippen molar-refractivity contribution >= 4 is 23.9 Å². The summed E-state index contributed by atoms with van der Waals surface area (Å²) in [5.41, 5.74) is 2.40. The zero-order chi connectivity index (χ0) is 30.6. The van der Waals surface area contributed by atoms with Crippen LogP contribution in [0.5, 0.6) is 0 Å². The van der Waals surface area contributed by atoms with Gasteiger partial charge in [-0.15, -0.1) is 6.58 Å². The van der Waals surface area contributed by atoms with E-state index in [0.29, 0.717) is 5.56 Å². The first kappa shape index (κ1) is 33.1. The molecule has 0 fully saturated rings. The maximum atomic E-state index is 14.3. The van der Waals surface area contributed by atoms with E-state index >= 15 is 0 Å². The molecule has 0 aromatic heterocycles. The molecule has 0 heterocycles. The molecule has 0 bridgehead atoms. The molecule has 9 nitrogen and oxygen atoms in total. The maximum absolute atomic E-state index is 14.3. The fourth-order valence-corrected chi connectivity index (χ4v) is 4.28. The Bertz CT molecular complexity index is 1210. The van der Waals surface area contributed by atoms with Crippen molar-refractivity contribution in [1.82, 2.24) is 15.5 Å². The van der Waals surface area contributed by atoms with Crippen LogP contribution in [0.3, 0.4) is 0 Å². The normalized spacial score (nSPS) is 12.4. The highest BCUT2D eigenvalue weighted by atomic mass is 16.6. The van der Waals surface area contributed by atoms with Gasteiger partial charge in [0.25, 0.3) is 0 Å². The lowest BCUT2D eigenvalue weighted by Crippen LogP contribution is -2.54. The molecule has 2 unspecified atom stereocenters. The summed E-state index contributed by atoms with van der Waals surface area (Å²) in [6.07, 6.45) is 0.962. The number of rotatable bonds is 13. The van der Waals surface area contributed by atoms with E-state index in [1.807, 2.05) is 62.4 Å². The fraction of sp³-hybridized carbons (Fsp3) is 0.438. The van der Waals surface area contributed by atoms with Gasteiger partial charge in [-0.05, 0) is 58.2 Å². The van der Waals surface area contributed by atoms with Gasteiger partial charge in [-0.2, -0.15) is 0 Å². The molecule has 3 amide bonds. The van der Waals surface area contributed by atoms with Gasteiger partial charge in [-0.1, -0.05) is 60.2 Å². The minimum absolute atomic E-state index is 0.00860. The maximum Gasteiger partial charge on any atom is 0.408 e. The lowest BCUT2D eigenvalue weighted by atomic mass is 9.95. The standard InChI is InChI=1S/C32H43N3O6/c1-8-19-35(30(38)26(21-24-13-11-10-12-14-24)34-31(39)41-32(5,6)7)28(25-20-22(3)15-16-23(25)4)29(37)33-18-17-27(36)40-9-2/h8,10-16,20,26,28H,1,9,17-19,21H2,2-7H3,(H,33,37)(H,34,39). The molecule has 222 valence electrons. The highest BCUT2D eigenvalue weighted by Crippen LogP contribution is 2.27. The first-order valence-electron chi connectivity index (χ1n) is 13.8. The Balaban J connectivity index is 2.51. The van der Waals surface area contributed by atoms with Crippen molar-refractivity contribution in [2.75, 3.05) is 19.7 Å². The summed E-state index contributed by atoms with van der Waals surface area (Å²) in [4.78, 5) is 54.1. The van der Waals surface area contributed by atoms with Crippen LogP contribution in [-0.4, -0.2) is 60.1 Å². The summed E-state index contributed by atoms with van der Waals surface area (Å²) >= 11 is 0. The number of hydrogen-bond acceptors (Lipinski definition) is 6. The lowest BCUT2D eigenvalue weighted by molar-refractivity contribution is -0.144. The zero-order valence-electron chi connectivity index (χ0n) is 25.0. The van der Waals surface area contributed by atoms with Gasteiger partial charge in [0.15, 0.2) is 0 Å². The van der Waals surface area contributed by atoms with Crippen molar-refractivity contribution in [1.29, 1.82) is 0 Å². The second-order valence-electron chi connectivity index (χ2n) is 10.8. The lowest BCUT2D eigenvalue weighted by Gasteiger charge is -2.34. The average molecular weight is 566 g/mol. The summed E-state index contributed by atoms with van der Waals surface area (Å²) in [6.45, 7) is 14.8. The van der Waals surface area contributed by atoms with Gasteiger partial charge in [0.2, 0.25) is 11.8 Å². The van der Waals surface area contributed by atoms with E-state index in [1.54, 1.807) is 27.7 Å². The number of amides is 3. The molecule has 0 spiro atoms. The van der Waals surface area contributed by atoms with Crippen LogP contribution in [-0.2, 0) is 30.3 Å². The quantitative estimate of drug-likeness (QED) is 0.272. The smallest absolute Gasteiger partial charge is 0.408 e. The molecule has 9 heteroatoms. The van der Waals surface area contributed by atoms with E-state index in [2.05, 4.69) is 17.2 Å². The number of nitrogens with one attached hydrogen (secondary N) is 2. The van der Waals surface area contributed by atoms with Gasteiger partial charge in [-0.3, -0.25) is 14.4 Å². The monoisotopic (exact) mass is 565 g/mol. The third-order valence-electron chi connectivity index (χ3n) is 6.10. The number of carbonyl (C=O) groups excluding carboxylic acids is 4. The van der Waals surface area contributed by atoms with Gasteiger partial charge in [0.1, 0.15) is 17.7 Å². The second kappa shape index (κ2) is 15.6. The molecule has 2 N–H and O–H groups in total. The van der Waals surface area contributed by atoms with Crippen LogP contribution >= 0.6 is 0 Å². The predicted molar refractivity (Wildman–Crippen MR) is 158 cm³/mol. The first-order chi connectivity index (χ1) is 19.4. The Labute approximate surface area is 243 Å². The van der Waals surface area contributed by atoms with E-state index in [0.717, 1.165) is 16.7 Å². The number of benzene rings is 2. The number of esters is 1. The Kier molecular flexibility index (Phi) is 12.6. The molecule has 0 aliphatic rings. The summed E-state index contributed by atoms with van der Waals surface area (Å²) in [6, 6.07) is 12.9. The summed E-state index contributed by atoms with van der Waals surface area (Å²) in [7, 11) is 0. The SMILES string of the molecule is C=CCN(C(=O)C(Cc1ccccc1)NC(=O)OC(C)(C)C)C(C(=O)NCCC(=O)OCC)c1cc(C)ccc1C. The number of carbonyl (C=O) groups is 4. The molecule has 2 aromatic rings. The third kappa shape index (κ3) is 10.7. The predicted octanol–water partition coefficient (Wildman–Crippen LogP) is 4.56. The zero-order valence-corrected chi connectivity index (χ0v) is 25.0. The Hall–Kier alpha value is -4.14. The highest BCUT2D eigenvalue weighted by molar-refractivity contribution is 5.92. The molecular weight excluding hydrogens is 522 g/mol. The number of nitrogens with zero attached hydrogens (tertiary/aromatic N) is 1. The van der Waals surface area contributed by atoms with Crippen LogP contribution in [0.1, 0.15) is 62.4 Å². The molecular formula is C32H43N3O6. The molecule has 0 aliphatic heterocycles. The van der Waals surface area contributed by atoms with Crippen LogP contribution in [0.15, 0.2) is 61.2 Å². The molecule has 0 saturated carbocycles. The van der Waals surface area contributed by atoms with Crippen molar-refractivity contribution in [3.63, 3.8) is 0 Å². The third-order valence-corrected chi connectivity index (χ3v) is 6.10. The fourth-order valence-electron chi connectivity index (χ4n) is 4.28. The molecule has 0 aliphatic carbocycles. The van der Waals surface area contributed by atoms with E-state index in [-0.39, 0.29) is 32.5 Å². The Morgan fingerprint density at radius 3 is 2.34 bits per heavy atom. The van der Waals surface area contributed by atoms with Crippen molar-refractivity contribution < 1.29 is 28.7 Å². The summed E-state index contributed by atoms with van der Waals surface area (Å²) in [5.74, 6) is -1.38. The number of alkyl carbamates (subject to hydrolysis) is 1. The van der Waals surface area contributed by atoms with Crippen LogP contribution in [0.2, 0.25) is 0 Å². The first-order valence-corrected chi connectivity index (χ1v) is 13.8. The Morgan fingerprint density at radius 2 is 1.73 bits per heavy atom. The topological polar surface area (TPSA) is 114 Å². The van der Waals surface area contributed by atoms with Crippen molar-refractivity contribution in [3.8, 4) is 0 Å². The van der Waals surface area contributed by atoms with Gasteiger partial charge in [-0.25, -0.2) is 4.79 Å².